The maximum absolute atomic E-state index is 10.1. The van der Waals surface area contributed by atoms with Crippen LogP contribution in [0, 0.1) is 6.92 Å². The Hall–Kier alpha value is -1.22. The van der Waals surface area contributed by atoms with Crippen LogP contribution in [0.3, 0.4) is 0 Å². The first-order valence-corrected chi connectivity index (χ1v) is 4.10. The molecule has 1 rings (SSSR count). The molecule has 0 spiro atoms. The molecule has 1 aromatic rings. The second-order valence-electron chi connectivity index (χ2n) is 2.37. The fourth-order valence-corrected chi connectivity index (χ4v) is 0.909. The minimum Gasteiger partial charge on any atom is -0.494 e. The lowest BCUT2D eigenvalue weighted by molar-refractivity contribution is 0.138. The van der Waals surface area contributed by atoms with Gasteiger partial charge < -0.3 is 9.47 Å². The molecule has 0 unspecified atom stereocenters. The predicted molar refractivity (Wildman–Crippen MR) is 48.3 cm³/mol. The van der Waals surface area contributed by atoms with Gasteiger partial charge in [0.1, 0.15) is 24.7 Å². The third kappa shape index (κ3) is 3.34. The number of ether oxygens (including phenoxy) is 2. The van der Waals surface area contributed by atoms with Crippen LogP contribution in [0.4, 0.5) is 0 Å². The van der Waals surface area contributed by atoms with Crippen LogP contribution in [0.25, 0.3) is 0 Å². The van der Waals surface area contributed by atoms with Crippen molar-refractivity contribution in [3.8, 4) is 11.5 Å². The molecule has 0 fully saturated rings. The molecule has 70 valence electrons. The molecule has 13 heavy (non-hydrogen) atoms. The quantitative estimate of drug-likeness (QED) is 0.691. The summed E-state index contributed by atoms with van der Waals surface area (Å²) < 4.78 is 10.2. The molecule has 0 bridgehead atoms. The average molecular weight is 180 g/mol. The Bertz CT molecular complexity index is 230. The Kier molecular flexibility index (Phi) is 4.12. The molecule has 0 aliphatic carbocycles. The van der Waals surface area contributed by atoms with E-state index in [1.54, 1.807) is 24.3 Å². The van der Waals surface area contributed by atoms with Crippen molar-refractivity contribution in [3.63, 3.8) is 0 Å². The third-order valence-electron chi connectivity index (χ3n) is 1.44. The van der Waals surface area contributed by atoms with Gasteiger partial charge in [-0.05, 0) is 31.2 Å². The standard InChI is InChI=1S/C10H12O3/c1-2-12-9-3-5-10(6-4-9)13-8-7-11/h3-6H,1-2,7-8H2. The van der Waals surface area contributed by atoms with Gasteiger partial charge in [0.2, 0.25) is 0 Å². The maximum atomic E-state index is 10.1. The van der Waals surface area contributed by atoms with Crippen LogP contribution in [-0.4, -0.2) is 19.8 Å². The van der Waals surface area contributed by atoms with Crippen molar-refractivity contribution in [2.24, 2.45) is 0 Å². The molecule has 0 atom stereocenters. The van der Waals surface area contributed by atoms with Gasteiger partial charge >= 0.3 is 0 Å². The van der Waals surface area contributed by atoms with E-state index >= 15 is 0 Å². The van der Waals surface area contributed by atoms with E-state index < -0.39 is 0 Å². The van der Waals surface area contributed by atoms with Crippen LogP contribution in [0.15, 0.2) is 24.3 Å². The smallest absolute Gasteiger partial charge is 0.119 e. The fourth-order valence-electron chi connectivity index (χ4n) is 0.909. The largest absolute Gasteiger partial charge is 0.494 e. The van der Waals surface area contributed by atoms with E-state index in [2.05, 4.69) is 6.92 Å². The predicted octanol–water partition coefficient (Wildman–Crippen LogP) is 1.71. The Morgan fingerprint density at radius 3 is 2.08 bits per heavy atom. The van der Waals surface area contributed by atoms with Crippen LogP contribution in [0.1, 0.15) is 0 Å². The highest BCUT2D eigenvalue weighted by Gasteiger charge is 1.94. The lowest BCUT2D eigenvalue weighted by Crippen LogP contribution is -2.00. The van der Waals surface area contributed by atoms with Gasteiger partial charge in [-0.2, -0.15) is 0 Å². The van der Waals surface area contributed by atoms with E-state index in [0.29, 0.717) is 12.4 Å². The molecule has 0 aromatic heterocycles. The molecule has 2 radical (unpaired) electrons. The first kappa shape index (κ1) is 9.86. The van der Waals surface area contributed by atoms with Gasteiger partial charge in [-0.25, -0.2) is 5.11 Å². The molecule has 0 N–H and O–H groups in total. The first-order valence-electron chi connectivity index (χ1n) is 4.10. The summed E-state index contributed by atoms with van der Waals surface area (Å²) >= 11 is 0. The van der Waals surface area contributed by atoms with E-state index in [9.17, 15) is 5.11 Å². The molecule has 0 aliphatic rings. The molecule has 3 nitrogen and oxygen atoms in total. The summed E-state index contributed by atoms with van der Waals surface area (Å²) in [5, 5.41) is 10.1. The van der Waals surface area contributed by atoms with Gasteiger partial charge in [-0.1, -0.05) is 0 Å². The van der Waals surface area contributed by atoms with Crippen LogP contribution >= 0.6 is 0 Å². The zero-order valence-corrected chi connectivity index (χ0v) is 7.36. The van der Waals surface area contributed by atoms with Gasteiger partial charge in [-0.3, -0.25) is 0 Å². The first-order chi connectivity index (χ1) is 6.36. The minimum atomic E-state index is -0.225. The van der Waals surface area contributed by atoms with E-state index in [4.69, 9.17) is 9.47 Å². The Morgan fingerprint density at radius 2 is 1.62 bits per heavy atom. The number of rotatable bonds is 5. The monoisotopic (exact) mass is 180 g/mol. The number of hydrogen-bond donors (Lipinski definition) is 0. The normalized spacial score (nSPS) is 9.69. The summed E-state index contributed by atoms with van der Waals surface area (Å²) in [7, 11) is 0. The summed E-state index contributed by atoms with van der Waals surface area (Å²) in [6.45, 7) is 3.94. The van der Waals surface area contributed by atoms with Crippen LogP contribution in [-0.2, 0) is 5.11 Å². The zero-order chi connectivity index (χ0) is 9.52. The second kappa shape index (κ2) is 5.43. The fraction of sp³-hybridized carbons (Fsp3) is 0.300. The van der Waals surface area contributed by atoms with Gasteiger partial charge in [0.05, 0.1) is 6.61 Å². The Balaban J connectivity index is 2.48. The topological polar surface area (TPSA) is 38.4 Å². The molecule has 0 heterocycles. The second-order valence-corrected chi connectivity index (χ2v) is 2.37. The molecule has 0 saturated heterocycles. The van der Waals surface area contributed by atoms with Crippen LogP contribution < -0.4 is 9.47 Å². The highest BCUT2D eigenvalue weighted by molar-refractivity contribution is 5.31. The summed E-state index contributed by atoms with van der Waals surface area (Å²) in [5.41, 5.74) is 0. The van der Waals surface area contributed by atoms with E-state index in [1.807, 2.05) is 0 Å². The zero-order valence-electron chi connectivity index (χ0n) is 7.36. The van der Waals surface area contributed by atoms with Crippen molar-refractivity contribution >= 4 is 0 Å². The Labute approximate surface area is 77.9 Å². The van der Waals surface area contributed by atoms with Gasteiger partial charge in [0.15, 0.2) is 0 Å². The number of benzene rings is 1. The lowest BCUT2D eigenvalue weighted by atomic mass is 10.3. The van der Waals surface area contributed by atoms with Crippen molar-refractivity contribution in [1.82, 2.24) is 0 Å². The van der Waals surface area contributed by atoms with E-state index in [-0.39, 0.29) is 13.2 Å². The summed E-state index contributed by atoms with van der Waals surface area (Å²) in [6.07, 6.45) is 0. The summed E-state index contributed by atoms with van der Waals surface area (Å²) in [6, 6.07) is 7.10. The molecule has 0 saturated carbocycles. The van der Waals surface area contributed by atoms with Crippen molar-refractivity contribution in [1.29, 1.82) is 0 Å². The summed E-state index contributed by atoms with van der Waals surface area (Å²) in [5.74, 6) is 1.44. The summed E-state index contributed by atoms with van der Waals surface area (Å²) in [4.78, 5) is 0. The van der Waals surface area contributed by atoms with Crippen molar-refractivity contribution < 1.29 is 14.6 Å². The maximum Gasteiger partial charge on any atom is 0.119 e. The minimum absolute atomic E-state index is 0.204. The molecule has 0 aliphatic heterocycles. The molecule has 0 amide bonds. The molecular formula is C10H12O3. The Morgan fingerprint density at radius 1 is 1.08 bits per heavy atom. The SMILES string of the molecule is [CH2]COc1ccc(OCC[O])cc1. The van der Waals surface area contributed by atoms with Crippen LogP contribution in [0.5, 0.6) is 11.5 Å². The van der Waals surface area contributed by atoms with Crippen molar-refractivity contribution in [3.05, 3.63) is 31.2 Å². The highest BCUT2D eigenvalue weighted by Crippen LogP contribution is 2.17. The number of hydrogen-bond acceptors (Lipinski definition) is 2. The molecule has 3 heteroatoms. The van der Waals surface area contributed by atoms with E-state index in [0.717, 1.165) is 5.75 Å². The third-order valence-corrected chi connectivity index (χ3v) is 1.44. The lowest BCUT2D eigenvalue weighted by Gasteiger charge is -2.05. The van der Waals surface area contributed by atoms with Crippen LogP contribution in [0.2, 0.25) is 0 Å². The van der Waals surface area contributed by atoms with Gasteiger partial charge in [-0.15, -0.1) is 0 Å². The van der Waals surface area contributed by atoms with E-state index in [1.165, 1.54) is 0 Å². The van der Waals surface area contributed by atoms with Crippen molar-refractivity contribution in [2.45, 2.75) is 0 Å². The van der Waals surface area contributed by atoms with Gasteiger partial charge in [0, 0.05) is 0 Å². The van der Waals surface area contributed by atoms with Gasteiger partial charge in [0.25, 0.3) is 0 Å². The molecular weight excluding hydrogens is 168 g/mol. The highest BCUT2D eigenvalue weighted by atomic mass is 16.5. The molecule has 1 aromatic carbocycles. The average Bonchev–Trinajstić information content (AvgIpc) is 2.17. The van der Waals surface area contributed by atoms with Crippen molar-refractivity contribution in [2.75, 3.05) is 19.8 Å².